The molecule has 0 aliphatic carbocycles. The first-order valence-corrected chi connectivity index (χ1v) is 6.15. The van der Waals surface area contributed by atoms with Crippen molar-refractivity contribution in [3.63, 3.8) is 0 Å². The van der Waals surface area contributed by atoms with Crippen LogP contribution in [0.2, 0.25) is 0 Å². The molecule has 0 saturated carbocycles. The number of nitro groups is 1. The van der Waals surface area contributed by atoms with Gasteiger partial charge in [0.1, 0.15) is 11.5 Å². The summed E-state index contributed by atoms with van der Waals surface area (Å²) in [6, 6.07) is 9.00. The lowest BCUT2D eigenvalue weighted by Crippen LogP contribution is -1.97. The van der Waals surface area contributed by atoms with E-state index in [0.717, 1.165) is 0 Å². The average molecular weight is 287 g/mol. The summed E-state index contributed by atoms with van der Waals surface area (Å²) in [6.45, 7) is 3.35. The fourth-order valence-electron chi connectivity index (χ4n) is 1.87. The van der Waals surface area contributed by atoms with E-state index in [1.807, 2.05) is 0 Å². The second kappa shape index (κ2) is 5.62. The largest absolute Gasteiger partial charge is 0.478 e. The highest BCUT2D eigenvalue weighted by Crippen LogP contribution is 2.31. The number of rotatable bonds is 4. The zero-order chi connectivity index (χ0) is 15.6. The quantitative estimate of drug-likeness (QED) is 0.684. The van der Waals surface area contributed by atoms with Crippen molar-refractivity contribution < 1.29 is 19.6 Å². The summed E-state index contributed by atoms with van der Waals surface area (Å²) in [6.07, 6.45) is 0. The average Bonchev–Trinajstić information content (AvgIpc) is 2.42. The summed E-state index contributed by atoms with van der Waals surface area (Å²) in [7, 11) is 0. The number of nitrogens with zero attached hydrogens (tertiary/aromatic N) is 1. The zero-order valence-electron chi connectivity index (χ0n) is 11.5. The summed E-state index contributed by atoms with van der Waals surface area (Å²) in [4.78, 5) is 21.2. The van der Waals surface area contributed by atoms with Crippen LogP contribution in [0.1, 0.15) is 21.5 Å². The van der Waals surface area contributed by atoms with Gasteiger partial charge in [-0.05, 0) is 49.7 Å². The van der Waals surface area contributed by atoms with E-state index < -0.39 is 10.9 Å². The molecule has 0 radical (unpaired) electrons. The molecular formula is C15H13NO5. The van der Waals surface area contributed by atoms with Crippen LogP contribution in [0.3, 0.4) is 0 Å². The minimum Gasteiger partial charge on any atom is -0.478 e. The van der Waals surface area contributed by atoms with Crippen LogP contribution in [0.4, 0.5) is 5.69 Å². The maximum Gasteiger partial charge on any atom is 0.335 e. The fraction of sp³-hybridized carbons (Fsp3) is 0.133. The summed E-state index contributed by atoms with van der Waals surface area (Å²) in [5, 5.41) is 19.7. The smallest absolute Gasteiger partial charge is 0.335 e. The molecule has 0 aromatic heterocycles. The fourth-order valence-corrected chi connectivity index (χ4v) is 1.87. The second-order valence-electron chi connectivity index (χ2n) is 4.59. The Hall–Kier alpha value is -2.89. The molecule has 0 aliphatic heterocycles. The molecule has 0 heterocycles. The van der Waals surface area contributed by atoms with E-state index in [1.165, 1.54) is 18.2 Å². The monoisotopic (exact) mass is 287 g/mol. The molecule has 0 fully saturated rings. The van der Waals surface area contributed by atoms with Gasteiger partial charge in [0.15, 0.2) is 0 Å². The highest BCUT2D eigenvalue weighted by Gasteiger charge is 2.14. The van der Waals surface area contributed by atoms with E-state index in [-0.39, 0.29) is 11.3 Å². The summed E-state index contributed by atoms with van der Waals surface area (Å²) in [5.41, 5.74) is 1.34. The van der Waals surface area contributed by atoms with Crippen LogP contribution < -0.4 is 4.74 Å². The first-order chi connectivity index (χ1) is 9.88. The Balaban J connectivity index is 2.29. The van der Waals surface area contributed by atoms with E-state index in [4.69, 9.17) is 9.84 Å². The maximum atomic E-state index is 10.9. The first-order valence-electron chi connectivity index (χ1n) is 6.15. The zero-order valence-corrected chi connectivity index (χ0v) is 11.5. The van der Waals surface area contributed by atoms with Gasteiger partial charge in [-0.25, -0.2) is 4.79 Å². The van der Waals surface area contributed by atoms with E-state index in [1.54, 1.807) is 32.0 Å². The van der Waals surface area contributed by atoms with Gasteiger partial charge < -0.3 is 9.84 Å². The molecule has 0 unspecified atom stereocenters. The third kappa shape index (κ3) is 3.17. The summed E-state index contributed by atoms with van der Waals surface area (Å²) in [5.74, 6) is -0.0403. The molecule has 0 aliphatic rings. The number of nitro benzene ring substituents is 1. The summed E-state index contributed by atoms with van der Waals surface area (Å²) < 4.78 is 5.64. The Bertz CT molecular complexity index is 707. The number of carbonyl (C=O) groups is 1. The van der Waals surface area contributed by atoms with Gasteiger partial charge in [-0.1, -0.05) is 0 Å². The van der Waals surface area contributed by atoms with Crippen molar-refractivity contribution in [2.45, 2.75) is 13.8 Å². The molecule has 2 aromatic rings. The van der Waals surface area contributed by atoms with Gasteiger partial charge in [0.2, 0.25) is 0 Å². The molecule has 0 amide bonds. The Morgan fingerprint density at radius 3 is 2.29 bits per heavy atom. The molecule has 6 nitrogen and oxygen atoms in total. The minimum absolute atomic E-state index is 0.0427. The lowest BCUT2D eigenvalue weighted by Gasteiger charge is -2.10. The summed E-state index contributed by atoms with van der Waals surface area (Å²) >= 11 is 0. The SMILES string of the molecule is Cc1cc([N+](=O)[O-])c(C)cc1Oc1ccc(C(=O)O)cc1. The lowest BCUT2D eigenvalue weighted by atomic mass is 10.1. The van der Waals surface area contributed by atoms with E-state index in [2.05, 4.69) is 0 Å². The number of hydrogen-bond donors (Lipinski definition) is 1. The van der Waals surface area contributed by atoms with Crippen LogP contribution in [-0.4, -0.2) is 16.0 Å². The molecule has 0 saturated heterocycles. The number of hydrogen-bond acceptors (Lipinski definition) is 4. The molecule has 0 atom stereocenters. The van der Waals surface area contributed by atoms with E-state index in [0.29, 0.717) is 22.6 Å². The molecule has 21 heavy (non-hydrogen) atoms. The van der Waals surface area contributed by atoms with Crippen molar-refractivity contribution in [2.75, 3.05) is 0 Å². The Morgan fingerprint density at radius 1 is 1.14 bits per heavy atom. The van der Waals surface area contributed by atoms with Crippen molar-refractivity contribution >= 4 is 11.7 Å². The number of aryl methyl sites for hydroxylation is 2. The Labute approximate surface area is 120 Å². The van der Waals surface area contributed by atoms with Crippen LogP contribution in [0, 0.1) is 24.0 Å². The topological polar surface area (TPSA) is 89.7 Å². The highest BCUT2D eigenvalue weighted by atomic mass is 16.6. The van der Waals surface area contributed by atoms with Crippen LogP contribution in [0.25, 0.3) is 0 Å². The molecule has 2 aromatic carbocycles. The van der Waals surface area contributed by atoms with Crippen molar-refractivity contribution in [1.29, 1.82) is 0 Å². The van der Waals surface area contributed by atoms with Crippen LogP contribution >= 0.6 is 0 Å². The molecule has 6 heteroatoms. The third-order valence-electron chi connectivity index (χ3n) is 3.02. The number of carboxylic acids is 1. The molecule has 2 rings (SSSR count). The molecule has 0 spiro atoms. The number of carboxylic acid groups (broad SMARTS) is 1. The predicted octanol–water partition coefficient (Wildman–Crippen LogP) is 3.70. The van der Waals surface area contributed by atoms with Crippen LogP contribution in [0.15, 0.2) is 36.4 Å². The number of benzene rings is 2. The first kappa shape index (κ1) is 14.5. The number of ether oxygens (including phenoxy) is 1. The maximum absolute atomic E-state index is 10.9. The van der Waals surface area contributed by atoms with Crippen molar-refractivity contribution in [1.82, 2.24) is 0 Å². The van der Waals surface area contributed by atoms with Crippen molar-refractivity contribution in [3.8, 4) is 11.5 Å². The van der Waals surface area contributed by atoms with Gasteiger partial charge in [-0.15, -0.1) is 0 Å². The van der Waals surface area contributed by atoms with Gasteiger partial charge in [0.05, 0.1) is 10.5 Å². The van der Waals surface area contributed by atoms with Gasteiger partial charge in [0.25, 0.3) is 5.69 Å². The Kier molecular flexibility index (Phi) is 3.89. The van der Waals surface area contributed by atoms with Gasteiger partial charge in [-0.3, -0.25) is 10.1 Å². The van der Waals surface area contributed by atoms with Crippen molar-refractivity contribution in [2.24, 2.45) is 0 Å². The molecular weight excluding hydrogens is 274 g/mol. The predicted molar refractivity (Wildman–Crippen MR) is 76.0 cm³/mol. The standard InChI is InChI=1S/C15H13NO5/c1-9-8-14(10(2)7-13(9)16(19)20)21-12-5-3-11(4-6-12)15(17)18/h3-8H,1-2H3,(H,17,18). The van der Waals surface area contributed by atoms with Crippen LogP contribution in [0.5, 0.6) is 11.5 Å². The third-order valence-corrected chi connectivity index (χ3v) is 3.02. The number of aromatic carboxylic acids is 1. The normalized spacial score (nSPS) is 10.2. The lowest BCUT2D eigenvalue weighted by molar-refractivity contribution is -0.385. The highest BCUT2D eigenvalue weighted by molar-refractivity contribution is 5.87. The molecule has 0 bridgehead atoms. The molecule has 108 valence electrons. The molecule has 1 N–H and O–H groups in total. The van der Waals surface area contributed by atoms with Gasteiger partial charge >= 0.3 is 5.97 Å². The second-order valence-corrected chi connectivity index (χ2v) is 4.59. The van der Waals surface area contributed by atoms with Gasteiger partial charge in [0, 0.05) is 11.6 Å². The van der Waals surface area contributed by atoms with E-state index >= 15 is 0 Å². The Morgan fingerprint density at radius 2 is 1.76 bits per heavy atom. The van der Waals surface area contributed by atoms with Crippen molar-refractivity contribution in [3.05, 3.63) is 63.2 Å². The van der Waals surface area contributed by atoms with E-state index in [9.17, 15) is 14.9 Å². The van der Waals surface area contributed by atoms with Gasteiger partial charge in [-0.2, -0.15) is 0 Å². The minimum atomic E-state index is -1.01. The van der Waals surface area contributed by atoms with Crippen LogP contribution in [-0.2, 0) is 0 Å².